The maximum absolute atomic E-state index is 12.9. The minimum atomic E-state index is -0.0979. The molecule has 3 rings (SSSR count). The van der Waals surface area contributed by atoms with Gasteiger partial charge in [0.2, 0.25) is 0 Å². The molecule has 1 aromatic rings. The summed E-state index contributed by atoms with van der Waals surface area (Å²) in [5, 5.41) is 3.26. The lowest BCUT2D eigenvalue weighted by Crippen LogP contribution is -2.50. The van der Waals surface area contributed by atoms with E-state index >= 15 is 0 Å². The van der Waals surface area contributed by atoms with E-state index in [2.05, 4.69) is 37.9 Å². The molecule has 1 N–H and O–H groups in total. The van der Waals surface area contributed by atoms with Gasteiger partial charge in [0.15, 0.2) is 0 Å². The molecule has 0 unspecified atom stereocenters. The smallest absolute Gasteiger partial charge is 0.322 e. The third-order valence-corrected chi connectivity index (χ3v) is 5.28. The van der Waals surface area contributed by atoms with Gasteiger partial charge in [-0.05, 0) is 37.8 Å². The van der Waals surface area contributed by atoms with E-state index in [1.54, 1.807) is 0 Å². The van der Waals surface area contributed by atoms with Crippen LogP contribution in [-0.4, -0.2) is 48.1 Å². The molecule has 5 heteroatoms. The fourth-order valence-corrected chi connectivity index (χ4v) is 4.03. The summed E-state index contributed by atoms with van der Waals surface area (Å²) >= 11 is 0. The number of aryl methyl sites for hydroxylation is 1. The normalized spacial score (nSPS) is 20.8. The van der Waals surface area contributed by atoms with Crippen molar-refractivity contribution in [2.75, 3.05) is 31.1 Å². The monoisotopic (exact) mass is 344 g/mol. The summed E-state index contributed by atoms with van der Waals surface area (Å²) in [7, 11) is 0. The van der Waals surface area contributed by atoms with Crippen LogP contribution in [0.4, 0.5) is 10.5 Å². The number of likely N-dealkylation sites (tertiary alicyclic amines) is 1. The number of urea groups is 1. The van der Waals surface area contributed by atoms with Gasteiger partial charge in [-0.1, -0.05) is 27.7 Å². The molecule has 0 aliphatic carbocycles. The molecule has 2 amide bonds. The lowest BCUT2D eigenvalue weighted by molar-refractivity contribution is 0.179. The van der Waals surface area contributed by atoms with Gasteiger partial charge in [0.05, 0.1) is 11.4 Å². The summed E-state index contributed by atoms with van der Waals surface area (Å²) in [5.41, 5.74) is 2.91. The van der Waals surface area contributed by atoms with E-state index in [1.165, 1.54) is 0 Å². The van der Waals surface area contributed by atoms with Crippen molar-refractivity contribution in [1.29, 1.82) is 0 Å². The number of hydrogen-bond acceptors (Lipinski definition) is 3. The number of fused-ring (bicyclic) bond motifs is 1. The van der Waals surface area contributed by atoms with Crippen LogP contribution >= 0.6 is 0 Å². The number of amides is 2. The van der Waals surface area contributed by atoms with Gasteiger partial charge in [0, 0.05) is 43.3 Å². The number of carbonyl (C=O) groups excluding carboxylic acids is 1. The first-order valence-corrected chi connectivity index (χ1v) is 9.55. The molecule has 2 aliphatic rings. The summed E-state index contributed by atoms with van der Waals surface area (Å²) in [4.78, 5) is 22.0. The predicted molar refractivity (Wildman–Crippen MR) is 102 cm³/mol. The first-order chi connectivity index (χ1) is 11.8. The average Bonchev–Trinajstić information content (AvgIpc) is 2.80. The molecule has 0 radical (unpaired) electrons. The Hall–Kier alpha value is -1.62. The highest BCUT2D eigenvalue weighted by Gasteiger charge is 2.40. The minimum absolute atomic E-state index is 0.0276. The van der Waals surface area contributed by atoms with Crippen LogP contribution < -0.4 is 10.2 Å². The summed E-state index contributed by atoms with van der Waals surface area (Å²) in [6.45, 7) is 14.8. The van der Waals surface area contributed by atoms with Crippen molar-refractivity contribution in [2.24, 2.45) is 5.92 Å². The molecule has 0 aromatic carbocycles. The van der Waals surface area contributed by atoms with E-state index in [0.29, 0.717) is 12.5 Å². The molecule has 0 atom stereocenters. The Morgan fingerprint density at radius 3 is 2.64 bits per heavy atom. The number of nitrogens with zero attached hydrogens (tertiary/aromatic N) is 3. The zero-order valence-electron chi connectivity index (χ0n) is 16.3. The van der Waals surface area contributed by atoms with Gasteiger partial charge in [0.25, 0.3) is 0 Å². The van der Waals surface area contributed by atoms with Gasteiger partial charge in [-0.3, -0.25) is 9.88 Å². The van der Waals surface area contributed by atoms with E-state index in [9.17, 15) is 4.79 Å². The SMILES string of the molecule is Cc1ccc2c(n1)C(C)(C)CN2C(=O)NC1CCN(CC(C)C)CC1. The maximum Gasteiger partial charge on any atom is 0.322 e. The zero-order valence-corrected chi connectivity index (χ0v) is 16.3. The fraction of sp³-hybridized carbons (Fsp3) is 0.700. The fourth-order valence-electron chi connectivity index (χ4n) is 4.03. The van der Waals surface area contributed by atoms with E-state index < -0.39 is 0 Å². The molecule has 0 spiro atoms. The van der Waals surface area contributed by atoms with Gasteiger partial charge < -0.3 is 10.2 Å². The Kier molecular flexibility index (Phi) is 5.05. The number of hydrogen-bond donors (Lipinski definition) is 1. The summed E-state index contributed by atoms with van der Waals surface area (Å²) in [6, 6.07) is 4.34. The third kappa shape index (κ3) is 3.97. The first-order valence-electron chi connectivity index (χ1n) is 9.55. The third-order valence-electron chi connectivity index (χ3n) is 5.28. The summed E-state index contributed by atoms with van der Waals surface area (Å²) in [5.74, 6) is 0.699. The van der Waals surface area contributed by atoms with Crippen LogP contribution in [-0.2, 0) is 5.41 Å². The second kappa shape index (κ2) is 6.94. The molecular formula is C20H32N4O. The Balaban J connectivity index is 1.62. The number of aromatic nitrogens is 1. The lowest BCUT2D eigenvalue weighted by atomic mass is 9.91. The highest BCUT2D eigenvalue weighted by molar-refractivity contribution is 5.94. The number of carbonyl (C=O) groups is 1. The van der Waals surface area contributed by atoms with E-state index in [0.717, 1.165) is 49.6 Å². The van der Waals surface area contributed by atoms with Gasteiger partial charge in [0.1, 0.15) is 0 Å². The molecule has 25 heavy (non-hydrogen) atoms. The van der Waals surface area contributed by atoms with Crippen LogP contribution in [0.25, 0.3) is 0 Å². The van der Waals surface area contributed by atoms with Gasteiger partial charge in [-0.2, -0.15) is 0 Å². The number of nitrogens with one attached hydrogen (secondary N) is 1. The van der Waals surface area contributed by atoms with Crippen molar-refractivity contribution in [1.82, 2.24) is 15.2 Å². The van der Waals surface area contributed by atoms with Crippen LogP contribution in [0.1, 0.15) is 51.9 Å². The van der Waals surface area contributed by atoms with Crippen molar-refractivity contribution in [3.8, 4) is 0 Å². The molecule has 1 aromatic heterocycles. The van der Waals surface area contributed by atoms with Crippen molar-refractivity contribution in [3.05, 3.63) is 23.5 Å². The Bertz CT molecular complexity index is 633. The number of piperidine rings is 1. The Morgan fingerprint density at radius 2 is 2.00 bits per heavy atom. The van der Waals surface area contributed by atoms with Crippen LogP contribution in [0, 0.1) is 12.8 Å². The number of anilines is 1. The quantitative estimate of drug-likeness (QED) is 0.915. The summed E-state index contributed by atoms with van der Waals surface area (Å²) in [6.07, 6.45) is 2.07. The molecule has 1 fully saturated rings. The zero-order chi connectivity index (χ0) is 18.2. The minimum Gasteiger partial charge on any atom is -0.335 e. The molecular weight excluding hydrogens is 312 g/mol. The lowest BCUT2D eigenvalue weighted by Gasteiger charge is -2.34. The van der Waals surface area contributed by atoms with Crippen LogP contribution in [0.2, 0.25) is 0 Å². The molecule has 138 valence electrons. The van der Waals surface area contributed by atoms with Gasteiger partial charge in [-0.15, -0.1) is 0 Å². The average molecular weight is 345 g/mol. The largest absolute Gasteiger partial charge is 0.335 e. The Labute approximate surface area is 151 Å². The van der Waals surface area contributed by atoms with Crippen molar-refractivity contribution >= 4 is 11.7 Å². The van der Waals surface area contributed by atoms with Gasteiger partial charge >= 0.3 is 6.03 Å². The van der Waals surface area contributed by atoms with Crippen molar-refractivity contribution in [3.63, 3.8) is 0 Å². The highest BCUT2D eigenvalue weighted by atomic mass is 16.2. The van der Waals surface area contributed by atoms with Gasteiger partial charge in [-0.25, -0.2) is 4.79 Å². The molecule has 0 bridgehead atoms. The number of pyridine rings is 1. The molecule has 3 heterocycles. The van der Waals surface area contributed by atoms with E-state index in [4.69, 9.17) is 4.98 Å². The standard InChI is InChI=1S/C20H32N4O/c1-14(2)12-23-10-8-16(9-11-23)22-19(25)24-13-20(4,5)18-17(24)7-6-15(3)21-18/h6-7,14,16H,8-13H2,1-5H3,(H,22,25). The summed E-state index contributed by atoms with van der Waals surface area (Å²) < 4.78 is 0. The number of rotatable bonds is 3. The first kappa shape index (κ1) is 18.2. The molecule has 1 saturated heterocycles. The van der Waals surface area contributed by atoms with Crippen LogP contribution in [0.3, 0.4) is 0 Å². The highest BCUT2D eigenvalue weighted by Crippen LogP contribution is 2.39. The molecule has 0 saturated carbocycles. The Morgan fingerprint density at radius 1 is 1.32 bits per heavy atom. The molecule has 2 aliphatic heterocycles. The van der Waals surface area contributed by atoms with E-state index in [1.807, 2.05) is 24.0 Å². The second-order valence-corrected chi connectivity index (χ2v) is 8.71. The maximum atomic E-state index is 12.9. The van der Waals surface area contributed by atoms with Crippen LogP contribution in [0.15, 0.2) is 12.1 Å². The van der Waals surface area contributed by atoms with Crippen molar-refractivity contribution in [2.45, 2.75) is 58.9 Å². The topological polar surface area (TPSA) is 48.5 Å². The molecule has 5 nitrogen and oxygen atoms in total. The van der Waals surface area contributed by atoms with Crippen molar-refractivity contribution < 1.29 is 4.79 Å². The van der Waals surface area contributed by atoms with E-state index in [-0.39, 0.29) is 17.5 Å². The second-order valence-electron chi connectivity index (χ2n) is 8.71. The predicted octanol–water partition coefficient (Wildman–Crippen LogP) is 3.32. The van der Waals surface area contributed by atoms with Crippen LogP contribution in [0.5, 0.6) is 0 Å².